The molecule has 1 heterocycles. The van der Waals surface area contributed by atoms with Crippen molar-refractivity contribution in [2.45, 2.75) is 19.3 Å². The summed E-state index contributed by atoms with van der Waals surface area (Å²) in [7, 11) is 0. The number of anilines is 1. The van der Waals surface area contributed by atoms with Gasteiger partial charge in [-0.25, -0.2) is 0 Å². The van der Waals surface area contributed by atoms with Crippen LogP contribution in [0, 0.1) is 11.3 Å². The van der Waals surface area contributed by atoms with Gasteiger partial charge in [0.2, 0.25) is 5.88 Å². The van der Waals surface area contributed by atoms with Gasteiger partial charge in [0.05, 0.1) is 6.26 Å². The summed E-state index contributed by atoms with van der Waals surface area (Å²) in [6.45, 7) is 0. The summed E-state index contributed by atoms with van der Waals surface area (Å²) >= 11 is 0. The Morgan fingerprint density at radius 1 is 1.00 bits per heavy atom. The van der Waals surface area contributed by atoms with Crippen LogP contribution in [-0.2, 0) is 12.8 Å². The zero-order chi connectivity index (χ0) is 14.7. The lowest BCUT2D eigenvalue weighted by molar-refractivity contribution is 0.582. The maximum absolute atomic E-state index is 9.06. The predicted octanol–water partition coefficient (Wildman–Crippen LogP) is 4.06. The monoisotopic (exact) mass is 276 g/mol. The van der Waals surface area contributed by atoms with Gasteiger partial charge in [-0.3, -0.25) is 0 Å². The van der Waals surface area contributed by atoms with Gasteiger partial charge in [0, 0.05) is 5.56 Å². The van der Waals surface area contributed by atoms with E-state index in [1.54, 1.807) is 6.26 Å². The molecule has 0 aliphatic heterocycles. The van der Waals surface area contributed by atoms with Crippen molar-refractivity contribution in [3.63, 3.8) is 0 Å². The molecule has 0 fully saturated rings. The second-order valence-electron chi connectivity index (χ2n) is 5.10. The number of furan rings is 1. The Morgan fingerprint density at radius 2 is 1.76 bits per heavy atom. The lowest BCUT2D eigenvalue weighted by Gasteiger charge is -2.06. The van der Waals surface area contributed by atoms with Crippen molar-refractivity contribution in [3.05, 3.63) is 65.4 Å². The molecule has 21 heavy (non-hydrogen) atoms. The SMILES string of the molecule is N#Cc1c(CCCc2cccc3ccccc23)coc1N. The van der Waals surface area contributed by atoms with Crippen molar-refractivity contribution >= 4 is 16.7 Å². The maximum atomic E-state index is 9.06. The number of fused-ring (bicyclic) bond motifs is 1. The summed E-state index contributed by atoms with van der Waals surface area (Å²) in [5.74, 6) is 0.220. The van der Waals surface area contributed by atoms with Gasteiger partial charge >= 0.3 is 0 Å². The Kier molecular flexibility index (Phi) is 3.61. The van der Waals surface area contributed by atoms with Crippen LogP contribution in [0.3, 0.4) is 0 Å². The molecule has 0 amide bonds. The predicted molar refractivity (Wildman–Crippen MR) is 83.8 cm³/mol. The molecule has 2 aromatic carbocycles. The zero-order valence-corrected chi connectivity index (χ0v) is 11.7. The third-order valence-corrected chi connectivity index (χ3v) is 3.78. The molecule has 0 saturated heterocycles. The summed E-state index contributed by atoms with van der Waals surface area (Å²) in [5, 5.41) is 11.6. The number of benzene rings is 2. The molecule has 0 atom stereocenters. The van der Waals surface area contributed by atoms with Crippen LogP contribution in [0.5, 0.6) is 0 Å². The van der Waals surface area contributed by atoms with Crippen LogP contribution in [0.25, 0.3) is 10.8 Å². The van der Waals surface area contributed by atoms with Crippen LogP contribution in [0.15, 0.2) is 53.1 Å². The average molecular weight is 276 g/mol. The normalized spacial score (nSPS) is 10.6. The molecule has 0 radical (unpaired) electrons. The van der Waals surface area contributed by atoms with E-state index in [9.17, 15) is 0 Å². The standard InChI is InChI=1S/C18H16N2O/c19-11-17-15(12-21-18(17)20)9-4-8-14-7-3-6-13-5-1-2-10-16(13)14/h1-3,5-7,10,12H,4,8-9,20H2. The number of nitrogens with zero attached hydrogens (tertiary/aromatic N) is 1. The molecule has 3 nitrogen and oxygen atoms in total. The first-order chi connectivity index (χ1) is 10.3. The highest BCUT2D eigenvalue weighted by Crippen LogP contribution is 2.23. The number of nitrogens with two attached hydrogens (primary N) is 1. The lowest BCUT2D eigenvalue weighted by atomic mass is 9.98. The van der Waals surface area contributed by atoms with Crippen molar-refractivity contribution in [2.75, 3.05) is 5.73 Å². The number of rotatable bonds is 4. The Labute approximate surface area is 123 Å². The Morgan fingerprint density at radius 3 is 2.62 bits per heavy atom. The summed E-state index contributed by atoms with van der Waals surface area (Å²) in [6.07, 6.45) is 4.32. The summed E-state index contributed by atoms with van der Waals surface area (Å²) < 4.78 is 5.11. The highest BCUT2D eigenvalue weighted by Gasteiger charge is 2.10. The molecule has 0 unspecified atom stereocenters. The first kappa shape index (κ1) is 13.3. The van der Waals surface area contributed by atoms with E-state index in [2.05, 4.69) is 48.5 Å². The van der Waals surface area contributed by atoms with E-state index in [4.69, 9.17) is 15.4 Å². The number of hydrogen-bond donors (Lipinski definition) is 1. The third kappa shape index (κ3) is 2.61. The molecule has 104 valence electrons. The van der Waals surface area contributed by atoms with E-state index in [-0.39, 0.29) is 5.88 Å². The fourth-order valence-electron chi connectivity index (χ4n) is 2.70. The van der Waals surface area contributed by atoms with E-state index < -0.39 is 0 Å². The van der Waals surface area contributed by atoms with Crippen LogP contribution >= 0.6 is 0 Å². The highest BCUT2D eigenvalue weighted by molar-refractivity contribution is 5.85. The van der Waals surface area contributed by atoms with Crippen LogP contribution in [-0.4, -0.2) is 0 Å². The molecule has 3 aromatic rings. The molecule has 0 bridgehead atoms. The molecule has 3 heteroatoms. The quantitative estimate of drug-likeness (QED) is 0.781. The van der Waals surface area contributed by atoms with Crippen LogP contribution < -0.4 is 5.73 Å². The average Bonchev–Trinajstić information content (AvgIpc) is 2.87. The molecule has 0 aliphatic carbocycles. The maximum Gasteiger partial charge on any atom is 0.208 e. The molecule has 1 aromatic heterocycles. The third-order valence-electron chi connectivity index (χ3n) is 3.78. The van der Waals surface area contributed by atoms with Gasteiger partial charge in [0.15, 0.2) is 0 Å². The molecule has 2 N–H and O–H groups in total. The minimum atomic E-state index is 0.220. The van der Waals surface area contributed by atoms with Gasteiger partial charge in [-0.15, -0.1) is 0 Å². The summed E-state index contributed by atoms with van der Waals surface area (Å²) in [6, 6.07) is 16.9. The van der Waals surface area contributed by atoms with E-state index in [0.717, 1.165) is 24.8 Å². The Balaban J connectivity index is 1.74. The smallest absolute Gasteiger partial charge is 0.208 e. The van der Waals surface area contributed by atoms with E-state index >= 15 is 0 Å². The van der Waals surface area contributed by atoms with Crippen molar-refractivity contribution in [1.29, 1.82) is 5.26 Å². The van der Waals surface area contributed by atoms with Crippen LogP contribution in [0.4, 0.5) is 5.88 Å². The van der Waals surface area contributed by atoms with E-state index in [1.807, 2.05) is 0 Å². The second kappa shape index (κ2) is 5.72. The molecular formula is C18H16N2O. The van der Waals surface area contributed by atoms with Crippen LogP contribution in [0.2, 0.25) is 0 Å². The van der Waals surface area contributed by atoms with Crippen molar-refractivity contribution in [3.8, 4) is 6.07 Å². The molecule has 3 rings (SSSR count). The highest BCUT2D eigenvalue weighted by atomic mass is 16.3. The summed E-state index contributed by atoms with van der Waals surface area (Å²) in [4.78, 5) is 0. The van der Waals surface area contributed by atoms with Gasteiger partial charge in [-0.2, -0.15) is 5.26 Å². The fraction of sp³-hybridized carbons (Fsp3) is 0.167. The molecule has 0 aliphatic rings. The minimum absolute atomic E-state index is 0.220. The first-order valence-electron chi connectivity index (χ1n) is 7.02. The molecule has 0 spiro atoms. The van der Waals surface area contributed by atoms with E-state index in [1.165, 1.54) is 16.3 Å². The van der Waals surface area contributed by atoms with Gasteiger partial charge < -0.3 is 10.2 Å². The number of nitriles is 1. The molecule has 0 saturated carbocycles. The van der Waals surface area contributed by atoms with Crippen molar-refractivity contribution < 1.29 is 4.42 Å². The molecular weight excluding hydrogens is 260 g/mol. The van der Waals surface area contributed by atoms with E-state index in [0.29, 0.717) is 5.56 Å². The number of nitrogen functional groups attached to an aromatic ring is 1. The Hall–Kier alpha value is -2.73. The van der Waals surface area contributed by atoms with Gasteiger partial charge in [0.1, 0.15) is 11.6 Å². The topological polar surface area (TPSA) is 63.0 Å². The largest absolute Gasteiger partial charge is 0.447 e. The first-order valence-corrected chi connectivity index (χ1v) is 7.02. The van der Waals surface area contributed by atoms with Crippen molar-refractivity contribution in [1.82, 2.24) is 0 Å². The second-order valence-corrected chi connectivity index (χ2v) is 5.10. The van der Waals surface area contributed by atoms with Crippen molar-refractivity contribution in [2.24, 2.45) is 0 Å². The minimum Gasteiger partial charge on any atom is -0.447 e. The Bertz CT molecular complexity index is 806. The summed E-state index contributed by atoms with van der Waals surface area (Å²) in [5.41, 5.74) is 8.33. The van der Waals surface area contributed by atoms with Gasteiger partial charge in [-0.1, -0.05) is 42.5 Å². The van der Waals surface area contributed by atoms with Gasteiger partial charge in [-0.05, 0) is 35.6 Å². The fourth-order valence-corrected chi connectivity index (χ4v) is 2.70. The van der Waals surface area contributed by atoms with Crippen LogP contribution in [0.1, 0.15) is 23.1 Å². The zero-order valence-electron chi connectivity index (χ0n) is 11.7. The number of aryl methyl sites for hydroxylation is 2. The number of hydrogen-bond acceptors (Lipinski definition) is 3. The van der Waals surface area contributed by atoms with Gasteiger partial charge in [0.25, 0.3) is 0 Å². The lowest BCUT2D eigenvalue weighted by Crippen LogP contribution is -1.93.